The van der Waals surface area contributed by atoms with E-state index < -0.39 is 21.7 Å². The van der Waals surface area contributed by atoms with Crippen molar-refractivity contribution in [3.8, 4) is 38.9 Å². The summed E-state index contributed by atoms with van der Waals surface area (Å²) in [5, 5.41) is 3.69. The second kappa shape index (κ2) is 10.7. The Balaban J connectivity index is 1.64. The van der Waals surface area contributed by atoms with Crippen LogP contribution >= 0.6 is 11.3 Å². The number of fused-ring (bicyclic) bond motifs is 2. The number of amides is 1. The van der Waals surface area contributed by atoms with Crippen molar-refractivity contribution >= 4 is 54.3 Å². The number of nitrogens with zero attached hydrogens (tertiary/aromatic N) is 4. The summed E-state index contributed by atoms with van der Waals surface area (Å²) in [6.07, 6.45) is 4.32. The van der Waals surface area contributed by atoms with Gasteiger partial charge in [0.15, 0.2) is 5.65 Å². The first-order valence-corrected chi connectivity index (χ1v) is 15.5. The molecular formula is C30H24FN5O5S2. The van der Waals surface area contributed by atoms with E-state index in [-0.39, 0.29) is 16.9 Å². The number of pyridine rings is 2. The number of sulfonamides is 1. The molecule has 0 radical (unpaired) electrons. The van der Waals surface area contributed by atoms with E-state index in [1.54, 1.807) is 24.5 Å². The Morgan fingerprint density at radius 1 is 1.07 bits per heavy atom. The van der Waals surface area contributed by atoms with Crippen LogP contribution in [0.2, 0.25) is 0 Å². The van der Waals surface area contributed by atoms with Gasteiger partial charge in [0, 0.05) is 54.6 Å². The number of carbonyl (C=O) groups is 1. The lowest BCUT2D eigenvalue weighted by atomic mass is 9.98. The molecule has 218 valence electrons. The molecule has 0 saturated heterocycles. The van der Waals surface area contributed by atoms with Crippen molar-refractivity contribution in [3.63, 3.8) is 0 Å². The molecule has 0 saturated carbocycles. The number of ether oxygens (including phenoxy) is 1. The van der Waals surface area contributed by atoms with Crippen LogP contribution in [-0.2, 0) is 10.0 Å². The molecule has 4 aromatic heterocycles. The van der Waals surface area contributed by atoms with Crippen molar-refractivity contribution in [1.29, 1.82) is 0 Å². The zero-order valence-corrected chi connectivity index (χ0v) is 25.0. The van der Waals surface area contributed by atoms with Crippen LogP contribution in [-0.4, -0.2) is 56.7 Å². The maximum Gasteiger partial charge on any atom is 0.255 e. The molecule has 4 heterocycles. The fraction of sp³-hybridized carbons (Fsp3) is 0.133. The lowest BCUT2D eigenvalue weighted by molar-refractivity contribution is 0.0964. The molecular weight excluding hydrogens is 593 g/mol. The quantitative estimate of drug-likeness (QED) is 0.240. The van der Waals surface area contributed by atoms with E-state index in [1.807, 2.05) is 18.2 Å². The van der Waals surface area contributed by atoms with Gasteiger partial charge in [0.05, 0.1) is 34.9 Å². The van der Waals surface area contributed by atoms with Gasteiger partial charge >= 0.3 is 0 Å². The van der Waals surface area contributed by atoms with Gasteiger partial charge in [0.25, 0.3) is 5.91 Å². The topological polar surface area (TPSA) is 128 Å². The van der Waals surface area contributed by atoms with Gasteiger partial charge in [-0.25, -0.2) is 27.8 Å². The number of anilines is 1. The molecule has 13 heteroatoms. The summed E-state index contributed by atoms with van der Waals surface area (Å²) >= 11 is 1.42. The van der Waals surface area contributed by atoms with Crippen molar-refractivity contribution in [1.82, 2.24) is 20.3 Å². The van der Waals surface area contributed by atoms with Crippen LogP contribution in [0, 0.1) is 5.82 Å². The maximum absolute atomic E-state index is 13.7. The highest BCUT2D eigenvalue weighted by atomic mass is 32.2. The molecule has 0 bridgehead atoms. The molecule has 0 aliphatic carbocycles. The Morgan fingerprint density at radius 2 is 1.84 bits per heavy atom. The van der Waals surface area contributed by atoms with Crippen molar-refractivity contribution in [2.24, 2.45) is 0 Å². The number of hydrogen-bond acceptors (Lipinski definition) is 9. The fourth-order valence-electron chi connectivity index (χ4n) is 4.76. The van der Waals surface area contributed by atoms with Crippen LogP contribution in [0.5, 0.6) is 5.88 Å². The van der Waals surface area contributed by atoms with Gasteiger partial charge in [-0.2, -0.15) is 0 Å². The molecule has 0 spiro atoms. The first-order chi connectivity index (χ1) is 20.6. The van der Waals surface area contributed by atoms with Crippen LogP contribution in [0.4, 0.5) is 10.1 Å². The zero-order chi connectivity index (χ0) is 30.5. The van der Waals surface area contributed by atoms with Crippen LogP contribution < -0.4 is 14.4 Å². The molecule has 10 nitrogen and oxygen atoms in total. The van der Waals surface area contributed by atoms with Gasteiger partial charge in [-0.05, 0) is 48.5 Å². The smallest absolute Gasteiger partial charge is 0.255 e. The first-order valence-electron chi connectivity index (χ1n) is 12.9. The van der Waals surface area contributed by atoms with E-state index in [2.05, 4.69) is 20.3 Å². The number of rotatable bonds is 7. The predicted octanol–water partition coefficient (Wildman–Crippen LogP) is 5.74. The average molecular weight is 618 g/mol. The highest BCUT2D eigenvalue weighted by molar-refractivity contribution is 7.92. The number of halogens is 1. The molecule has 0 aliphatic rings. The predicted molar refractivity (Wildman–Crippen MR) is 164 cm³/mol. The minimum atomic E-state index is -3.72. The fourth-order valence-corrected chi connectivity index (χ4v) is 6.20. The zero-order valence-electron chi connectivity index (χ0n) is 23.4. The summed E-state index contributed by atoms with van der Waals surface area (Å²) in [5.41, 5.74) is 3.44. The molecule has 6 aromatic rings. The van der Waals surface area contributed by atoms with Gasteiger partial charge in [-0.3, -0.25) is 9.10 Å². The summed E-state index contributed by atoms with van der Waals surface area (Å²) in [6, 6.07) is 14.4. The number of aromatic nitrogens is 3. The minimum absolute atomic E-state index is 0.218. The monoisotopic (exact) mass is 617 g/mol. The highest BCUT2D eigenvalue weighted by Gasteiger charge is 2.27. The van der Waals surface area contributed by atoms with Gasteiger partial charge < -0.3 is 14.5 Å². The molecule has 0 fully saturated rings. The van der Waals surface area contributed by atoms with Crippen LogP contribution in [0.25, 0.3) is 54.3 Å². The first kappa shape index (κ1) is 28.2. The van der Waals surface area contributed by atoms with Crippen LogP contribution in [0.3, 0.4) is 0 Å². The highest BCUT2D eigenvalue weighted by Crippen LogP contribution is 2.43. The Morgan fingerprint density at radius 3 is 2.51 bits per heavy atom. The molecule has 0 unspecified atom stereocenters. The Labute approximate surface area is 249 Å². The number of benzene rings is 2. The normalized spacial score (nSPS) is 11.7. The summed E-state index contributed by atoms with van der Waals surface area (Å²) < 4.78 is 52.9. The molecule has 1 amide bonds. The molecule has 1 N–H and O–H groups in total. The number of thiazole rings is 1. The number of hydrogen-bond donors (Lipinski definition) is 1. The van der Waals surface area contributed by atoms with Crippen LogP contribution in [0.15, 0.2) is 71.4 Å². The number of carbonyl (C=O) groups excluding carboxylic acids is 1. The third kappa shape index (κ3) is 5.06. The summed E-state index contributed by atoms with van der Waals surface area (Å²) in [4.78, 5) is 26.7. The van der Waals surface area contributed by atoms with Gasteiger partial charge in [-0.15, -0.1) is 11.3 Å². The molecule has 2 aromatic carbocycles. The van der Waals surface area contributed by atoms with Crippen molar-refractivity contribution in [2.75, 3.05) is 31.8 Å². The Bertz CT molecular complexity index is 2110. The Hall–Kier alpha value is -4.88. The summed E-state index contributed by atoms with van der Waals surface area (Å²) in [5.74, 6) is -0.318. The van der Waals surface area contributed by atoms with Crippen LogP contribution in [0.1, 0.15) is 10.4 Å². The summed E-state index contributed by atoms with van der Waals surface area (Å²) in [7, 11) is 0.708. The number of methoxy groups -OCH3 is 1. The van der Waals surface area contributed by atoms with Gasteiger partial charge in [0.2, 0.25) is 15.9 Å². The van der Waals surface area contributed by atoms with E-state index in [9.17, 15) is 17.6 Å². The van der Waals surface area contributed by atoms with Crippen molar-refractivity contribution < 1.29 is 26.8 Å². The standard InChI is InChI=1S/C30H24FN5O5S2/c1-32-28(37)25-20-13-19(17-12-21(29(40-3)34-15-17)30-35-27-24(42-30)6-5-11-33-27)22(36(2)43(4,38)39)14-23(20)41-26(25)16-7-9-18(31)10-8-16/h5-15H,1-4H3,(H,32,37). The van der Waals surface area contributed by atoms with Gasteiger partial charge in [-0.1, -0.05) is 0 Å². The molecule has 43 heavy (non-hydrogen) atoms. The maximum atomic E-state index is 13.7. The third-order valence-electron chi connectivity index (χ3n) is 6.95. The second-order valence-corrected chi connectivity index (χ2v) is 12.7. The minimum Gasteiger partial charge on any atom is -0.480 e. The van der Waals surface area contributed by atoms with E-state index in [0.29, 0.717) is 49.9 Å². The van der Waals surface area contributed by atoms with Crippen molar-refractivity contribution in [2.45, 2.75) is 0 Å². The molecule has 0 atom stereocenters. The van der Waals surface area contributed by atoms with Crippen molar-refractivity contribution in [3.05, 3.63) is 78.4 Å². The lowest BCUT2D eigenvalue weighted by Gasteiger charge is -2.21. The molecule has 0 aliphatic heterocycles. The van der Waals surface area contributed by atoms with E-state index in [1.165, 1.54) is 56.8 Å². The van der Waals surface area contributed by atoms with E-state index in [0.717, 1.165) is 15.3 Å². The molecule has 6 rings (SSSR count). The Kier molecular flexibility index (Phi) is 7.06. The SMILES string of the molecule is CNC(=O)c1c(-c2ccc(F)cc2)oc2cc(N(C)S(C)(=O)=O)c(-c3cnc(OC)c(-c4nc5ncccc5s4)c3)cc12. The number of furan rings is 1. The largest absolute Gasteiger partial charge is 0.480 e. The third-order valence-corrected chi connectivity index (χ3v) is 9.19. The van der Waals surface area contributed by atoms with E-state index in [4.69, 9.17) is 9.15 Å². The lowest BCUT2D eigenvalue weighted by Crippen LogP contribution is -2.25. The van der Waals surface area contributed by atoms with Gasteiger partial charge in [0.1, 0.15) is 22.2 Å². The van der Waals surface area contributed by atoms with E-state index >= 15 is 0 Å². The number of nitrogens with one attached hydrogen (secondary N) is 1. The summed E-state index contributed by atoms with van der Waals surface area (Å²) in [6.45, 7) is 0. The second-order valence-electron chi connectivity index (χ2n) is 9.61. The average Bonchev–Trinajstić information content (AvgIpc) is 3.61.